The van der Waals surface area contributed by atoms with Crippen molar-refractivity contribution in [2.45, 2.75) is 51.0 Å². The molecule has 5 nitrogen and oxygen atoms in total. The van der Waals surface area contributed by atoms with Gasteiger partial charge < -0.3 is 9.64 Å². The zero-order valence-electron chi connectivity index (χ0n) is 14.9. The fraction of sp³-hybridized carbons (Fsp3) is 0.600. The van der Waals surface area contributed by atoms with Crippen molar-refractivity contribution in [2.24, 2.45) is 5.92 Å². The van der Waals surface area contributed by atoms with E-state index < -0.39 is 0 Å². The average molecular weight is 342 g/mol. The quantitative estimate of drug-likeness (QED) is 0.783. The van der Waals surface area contributed by atoms with Gasteiger partial charge in [-0.05, 0) is 61.8 Å². The van der Waals surface area contributed by atoms with E-state index in [0.29, 0.717) is 18.5 Å². The summed E-state index contributed by atoms with van der Waals surface area (Å²) in [5.74, 6) is 0.853. The molecule has 1 saturated carbocycles. The molecule has 134 valence electrons. The summed E-state index contributed by atoms with van der Waals surface area (Å²) < 4.78 is 4.83. The number of fused-ring (bicyclic) bond motifs is 2. The topological polar surface area (TPSA) is 49.9 Å². The lowest BCUT2D eigenvalue weighted by Crippen LogP contribution is -2.49. The molecular weight excluding hydrogens is 316 g/mol. The predicted molar refractivity (Wildman–Crippen MR) is 95.9 cm³/mol. The molecule has 0 spiro atoms. The summed E-state index contributed by atoms with van der Waals surface area (Å²) >= 11 is 0. The first-order valence-corrected chi connectivity index (χ1v) is 9.48. The van der Waals surface area contributed by atoms with Gasteiger partial charge in [-0.1, -0.05) is 12.8 Å². The van der Waals surface area contributed by atoms with E-state index in [4.69, 9.17) is 4.74 Å². The van der Waals surface area contributed by atoms with Crippen LogP contribution < -0.4 is 4.90 Å². The third kappa shape index (κ3) is 2.90. The Hall–Kier alpha value is -2.04. The molecule has 2 aliphatic heterocycles. The summed E-state index contributed by atoms with van der Waals surface area (Å²) in [7, 11) is 1.40. The predicted octanol–water partition coefficient (Wildman–Crippen LogP) is 3.61. The highest BCUT2D eigenvalue weighted by molar-refractivity contribution is 5.97. The third-order valence-electron chi connectivity index (χ3n) is 6.12. The molecular formula is C20H26N2O3. The van der Waals surface area contributed by atoms with E-state index in [2.05, 4.69) is 4.90 Å². The number of piperidine rings is 1. The molecule has 0 aromatic heterocycles. The zero-order valence-corrected chi connectivity index (χ0v) is 14.9. The maximum absolute atomic E-state index is 13.1. The number of hydrogen-bond donors (Lipinski definition) is 0. The van der Waals surface area contributed by atoms with Crippen LogP contribution >= 0.6 is 0 Å². The van der Waals surface area contributed by atoms with Crippen molar-refractivity contribution in [1.82, 2.24) is 4.90 Å². The van der Waals surface area contributed by atoms with Gasteiger partial charge in [0.05, 0.1) is 12.8 Å². The Kier molecular flexibility index (Phi) is 4.40. The monoisotopic (exact) mass is 342 g/mol. The van der Waals surface area contributed by atoms with Crippen molar-refractivity contribution in [3.63, 3.8) is 0 Å². The molecule has 0 bridgehead atoms. The van der Waals surface area contributed by atoms with Crippen molar-refractivity contribution in [3.8, 4) is 0 Å². The van der Waals surface area contributed by atoms with Gasteiger partial charge in [0.1, 0.15) is 0 Å². The van der Waals surface area contributed by atoms with Crippen LogP contribution in [0.1, 0.15) is 54.4 Å². The summed E-state index contributed by atoms with van der Waals surface area (Å²) in [5, 5.41) is 0. The molecule has 5 heteroatoms. The summed E-state index contributed by atoms with van der Waals surface area (Å²) in [6.07, 6.45) is 7.80. The van der Waals surface area contributed by atoms with Crippen molar-refractivity contribution in [1.29, 1.82) is 0 Å². The van der Waals surface area contributed by atoms with Gasteiger partial charge in [0.15, 0.2) is 0 Å². The number of hydrogen-bond acceptors (Lipinski definition) is 3. The maximum Gasteiger partial charge on any atom is 0.414 e. The number of likely N-dealkylation sites (tertiary alicyclic amines) is 1. The van der Waals surface area contributed by atoms with Gasteiger partial charge in [0.25, 0.3) is 5.91 Å². The largest absolute Gasteiger partial charge is 0.452 e. The fourth-order valence-electron chi connectivity index (χ4n) is 4.88. The maximum atomic E-state index is 13.1. The smallest absolute Gasteiger partial charge is 0.414 e. The van der Waals surface area contributed by atoms with Crippen LogP contribution in [0.3, 0.4) is 0 Å². The molecule has 25 heavy (non-hydrogen) atoms. The van der Waals surface area contributed by atoms with Gasteiger partial charge in [0.2, 0.25) is 0 Å². The Morgan fingerprint density at radius 1 is 1.08 bits per heavy atom. The van der Waals surface area contributed by atoms with Crippen LogP contribution in [-0.2, 0) is 11.2 Å². The van der Waals surface area contributed by atoms with E-state index in [9.17, 15) is 9.59 Å². The van der Waals surface area contributed by atoms with Gasteiger partial charge in [0, 0.05) is 24.7 Å². The SMILES string of the molecule is COC(=O)N1CCc2cc(C(=O)N3CCC[C@H]4CCCC[C@H]43)ccc21. The second-order valence-electron chi connectivity index (χ2n) is 7.47. The van der Waals surface area contributed by atoms with E-state index in [1.807, 2.05) is 18.2 Å². The summed E-state index contributed by atoms with van der Waals surface area (Å²) in [5.41, 5.74) is 2.70. The number of nitrogens with zero attached hydrogens (tertiary/aromatic N) is 2. The first-order valence-electron chi connectivity index (χ1n) is 9.48. The van der Waals surface area contributed by atoms with Crippen LogP contribution in [0.2, 0.25) is 0 Å². The van der Waals surface area contributed by atoms with Gasteiger partial charge in [-0.3, -0.25) is 9.69 Å². The fourth-order valence-corrected chi connectivity index (χ4v) is 4.88. The highest BCUT2D eigenvalue weighted by Crippen LogP contribution is 2.36. The van der Waals surface area contributed by atoms with Gasteiger partial charge in [-0.25, -0.2) is 4.79 Å². The molecule has 1 aromatic carbocycles. The molecule has 2 amide bonds. The van der Waals surface area contributed by atoms with Crippen LogP contribution in [0.15, 0.2) is 18.2 Å². The van der Waals surface area contributed by atoms with Crippen LogP contribution in [0.4, 0.5) is 10.5 Å². The second-order valence-corrected chi connectivity index (χ2v) is 7.47. The molecule has 1 aromatic rings. The number of carbonyl (C=O) groups is 2. The number of anilines is 1. The van der Waals surface area contributed by atoms with Gasteiger partial charge in [-0.15, -0.1) is 0 Å². The van der Waals surface area contributed by atoms with Crippen LogP contribution in [0.25, 0.3) is 0 Å². The van der Waals surface area contributed by atoms with E-state index in [0.717, 1.165) is 42.6 Å². The molecule has 2 atom stereocenters. The number of methoxy groups -OCH3 is 1. The summed E-state index contributed by atoms with van der Waals surface area (Å²) in [6.45, 7) is 1.50. The average Bonchev–Trinajstić information content (AvgIpc) is 3.09. The zero-order chi connectivity index (χ0) is 17.4. The molecule has 4 rings (SSSR count). The van der Waals surface area contributed by atoms with Crippen LogP contribution in [0.5, 0.6) is 0 Å². The second kappa shape index (κ2) is 6.70. The van der Waals surface area contributed by atoms with Crippen LogP contribution in [0, 0.1) is 5.92 Å². The number of rotatable bonds is 1. The van der Waals surface area contributed by atoms with Crippen molar-refractivity contribution >= 4 is 17.7 Å². The minimum atomic E-state index is -0.334. The van der Waals surface area contributed by atoms with E-state index in [1.165, 1.54) is 32.8 Å². The standard InChI is InChI=1S/C20H26N2O3/c1-25-20(24)22-12-10-15-13-16(8-9-18(15)22)19(23)21-11-4-6-14-5-2-3-7-17(14)21/h8-9,13-14,17H,2-7,10-12H2,1H3/t14-,17-/m1/s1. The first kappa shape index (κ1) is 16.4. The van der Waals surface area contributed by atoms with E-state index >= 15 is 0 Å². The van der Waals surface area contributed by atoms with Crippen molar-refractivity contribution in [3.05, 3.63) is 29.3 Å². The van der Waals surface area contributed by atoms with Crippen LogP contribution in [-0.4, -0.2) is 43.1 Å². The molecule has 0 unspecified atom stereocenters. The van der Waals surface area contributed by atoms with Gasteiger partial charge in [-0.2, -0.15) is 0 Å². The van der Waals surface area contributed by atoms with Crippen molar-refractivity contribution in [2.75, 3.05) is 25.1 Å². The van der Waals surface area contributed by atoms with E-state index in [1.54, 1.807) is 4.90 Å². The summed E-state index contributed by atoms with van der Waals surface area (Å²) in [6, 6.07) is 6.17. The highest BCUT2D eigenvalue weighted by Gasteiger charge is 2.36. The number of ether oxygens (including phenoxy) is 1. The lowest BCUT2D eigenvalue weighted by atomic mass is 9.78. The highest BCUT2D eigenvalue weighted by atomic mass is 16.5. The number of carbonyl (C=O) groups excluding carboxylic acids is 2. The minimum absolute atomic E-state index is 0.163. The molecule has 1 aliphatic carbocycles. The molecule has 0 radical (unpaired) electrons. The molecule has 3 aliphatic rings. The minimum Gasteiger partial charge on any atom is -0.452 e. The first-order chi connectivity index (χ1) is 12.2. The normalized spacial score (nSPS) is 25.3. The number of benzene rings is 1. The Bertz CT molecular complexity index is 686. The molecule has 0 N–H and O–H groups in total. The Morgan fingerprint density at radius 2 is 1.88 bits per heavy atom. The Labute approximate surface area is 148 Å². The Morgan fingerprint density at radius 3 is 2.72 bits per heavy atom. The molecule has 2 heterocycles. The molecule has 1 saturated heterocycles. The summed E-state index contributed by atoms with van der Waals surface area (Å²) in [4.78, 5) is 28.7. The van der Waals surface area contributed by atoms with Crippen molar-refractivity contribution < 1.29 is 14.3 Å². The van der Waals surface area contributed by atoms with Gasteiger partial charge >= 0.3 is 6.09 Å². The number of amides is 2. The lowest BCUT2D eigenvalue weighted by Gasteiger charge is -2.44. The third-order valence-corrected chi connectivity index (χ3v) is 6.12. The molecule has 2 fully saturated rings. The van der Waals surface area contributed by atoms with E-state index in [-0.39, 0.29) is 12.0 Å². The lowest BCUT2D eigenvalue weighted by molar-refractivity contribution is 0.0390. The Balaban J connectivity index is 1.56.